The summed E-state index contributed by atoms with van der Waals surface area (Å²) in [6.45, 7) is 4.71. The molecule has 1 saturated heterocycles. The fraction of sp³-hybridized carbons (Fsp3) is 0.296. The lowest BCUT2D eigenvalue weighted by molar-refractivity contribution is -0.129. The van der Waals surface area contributed by atoms with Crippen LogP contribution in [-0.2, 0) is 14.8 Å². The zero-order chi connectivity index (χ0) is 26.3. The molecular weight excluding hydrogens is 502 g/mol. The van der Waals surface area contributed by atoms with Gasteiger partial charge < -0.3 is 19.7 Å². The van der Waals surface area contributed by atoms with Gasteiger partial charge in [-0.15, -0.1) is 0 Å². The molecule has 38 heavy (non-hydrogen) atoms. The van der Waals surface area contributed by atoms with Gasteiger partial charge in [0.1, 0.15) is 5.65 Å². The van der Waals surface area contributed by atoms with Crippen molar-refractivity contribution in [3.05, 3.63) is 67.0 Å². The second-order valence-corrected chi connectivity index (χ2v) is 11.7. The number of anilines is 4. The van der Waals surface area contributed by atoms with Gasteiger partial charge in [-0.3, -0.25) is 9.52 Å². The van der Waals surface area contributed by atoms with E-state index in [0.717, 1.165) is 48.6 Å². The Balaban J connectivity index is 1.18. The van der Waals surface area contributed by atoms with E-state index in [0.29, 0.717) is 30.1 Å². The number of nitrogens with zero attached hydrogens (tertiary/aromatic N) is 5. The van der Waals surface area contributed by atoms with E-state index in [1.807, 2.05) is 52.1 Å². The van der Waals surface area contributed by atoms with Crippen LogP contribution in [0.15, 0.2) is 67.0 Å². The fourth-order valence-corrected chi connectivity index (χ4v) is 6.07. The Labute approximate surface area is 221 Å². The maximum absolute atomic E-state index is 12.4. The van der Waals surface area contributed by atoms with Gasteiger partial charge in [0.2, 0.25) is 21.9 Å². The van der Waals surface area contributed by atoms with E-state index in [9.17, 15) is 13.2 Å². The molecule has 1 aliphatic heterocycles. The van der Waals surface area contributed by atoms with Crippen LogP contribution in [-0.4, -0.2) is 65.2 Å². The molecule has 1 saturated carbocycles. The summed E-state index contributed by atoms with van der Waals surface area (Å²) in [4.78, 5) is 24.9. The number of rotatable bonds is 7. The van der Waals surface area contributed by atoms with Gasteiger partial charge in [-0.05, 0) is 61.4 Å². The largest absolute Gasteiger partial charge is 0.368 e. The van der Waals surface area contributed by atoms with Crippen LogP contribution in [0, 0.1) is 0 Å². The van der Waals surface area contributed by atoms with Crippen molar-refractivity contribution in [2.24, 2.45) is 0 Å². The van der Waals surface area contributed by atoms with Crippen molar-refractivity contribution in [2.75, 3.05) is 41.1 Å². The molecule has 4 aromatic rings. The fourth-order valence-electron chi connectivity index (χ4n) is 4.70. The van der Waals surface area contributed by atoms with E-state index in [1.165, 1.54) is 0 Å². The zero-order valence-corrected chi connectivity index (χ0v) is 21.9. The van der Waals surface area contributed by atoms with Crippen LogP contribution in [0.5, 0.6) is 0 Å². The molecule has 0 radical (unpaired) electrons. The van der Waals surface area contributed by atoms with Crippen LogP contribution >= 0.6 is 0 Å². The number of fused-ring (bicyclic) bond motifs is 1. The highest BCUT2D eigenvalue weighted by molar-refractivity contribution is 7.93. The molecule has 0 bridgehead atoms. The summed E-state index contributed by atoms with van der Waals surface area (Å²) in [5.41, 5.74) is 4.03. The molecule has 3 heterocycles. The van der Waals surface area contributed by atoms with Gasteiger partial charge in [-0.2, -0.15) is 4.98 Å². The quantitative estimate of drug-likeness (QED) is 0.374. The smallest absolute Gasteiger partial charge is 0.235 e. The Morgan fingerprint density at radius 1 is 0.947 bits per heavy atom. The lowest BCUT2D eigenvalue weighted by atomic mass is 10.2. The van der Waals surface area contributed by atoms with Crippen molar-refractivity contribution in [3.63, 3.8) is 0 Å². The normalized spacial score (nSPS) is 16.0. The second kappa shape index (κ2) is 9.64. The van der Waals surface area contributed by atoms with E-state index in [2.05, 4.69) is 32.1 Å². The molecular formula is C27H29N7O3S. The van der Waals surface area contributed by atoms with Gasteiger partial charge in [0.05, 0.1) is 10.9 Å². The lowest BCUT2D eigenvalue weighted by Crippen LogP contribution is -2.48. The van der Waals surface area contributed by atoms with Crippen LogP contribution in [0.2, 0.25) is 0 Å². The van der Waals surface area contributed by atoms with Gasteiger partial charge in [0.15, 0.2) is 0 Å². The average Bonchev–Trinajstić information content (AvgIpc) is 3.70. The number of hydrogen-bond donors (Lipinski definition) is 2. The summed E-state index contributed by atoms with van der Waals surface area (Å²) in [6, 6.07) is 17.3. The molecule has 2 aromatic heterocycles. The third-order valence-electron chi connectivity index (χ3n) is 6.99. The van der Waals surface area contributed by atoms with Crippen molar-refractivity contribution in [1.82, 2.24) is 19.4 Å². The summed E-state index contributed by atoms with van der Waals surface area (Å²) < 4.78 is 29.4. The first-order valence-corrected chi connectivity index (χ1v) is 14.2. The molecule has 0 unspecified atom stereocenters. The molecule has 1 amide bonds. The standard InChI is InChI=1S/C27H29N7O3S/c1-19(35)32-13-15-33(16-14-32)23-7-5-21(6-8-23)29-27-28-18-20-11-12-34(26(20)30-27)24-4-2-3-22(17-24)31-38(36,37)25-9-10-25/h2-8,11-12,17-18,25,31H,9-10,13-16H2,1H3,(H,28,29,30). The Morgan fingerprint density at radius 2 is 1.71 bits per heavy atom. The van der Waals surface area contributed by atoms with Gasteiger partial charge in [-0.1, -0.05) is 6.07 Å². The first-order chi connectivity index (χ1) is 18.4. The molecule has 0 spiro atoms. The highest BCUT2D eigenvalue weighted by atomic mass is 32.2. The van der Waals surface area contributed by atoms with Gasteiger partial charge in [0, 0.05) is 67.9 Å². The summed E-state index contributed by atoms with van der Waals surface area (Å²) in [6.07, 6.45) is 5.09. The Morgan fingerprint density at radius 3 is 2.42 bits per heavy atom. The van der Waals surface area contributed by atoms with E-state index < -0.39 is 10.0 Å². The third kappa shape index (κ3) is 5.01. The number of carbonyl (C=O) groups is 1. The van der Waals surface area contributed by atoms with Crippen LogP contribution in [0.25, 0.3) is 16.7 Å². The maximum Gasteiger partial charge on any atom is 0.235 e. The third-order valence-corrected chi connectivity index (χ3v) is 8.86. The molecule has 11 heteroatoms. The Kier molecular flexibility index (Phi) is 6.15. The molecule has 2 N–H and O–H groups in total. The van der Waals surface area contributed by atoms with Crippen LogP contribution in [0.4, 0.5) is 23.0 Å². The lowest BCUT2D eigenvalue weighted by Gasteiger charge is -2.35. The number of amides is 1. The van der Waals surface area contributed by atoms with Gasteiger partial charge in [-0.25, -0.2) is 13.4 Å². The van der Waals surface area contributed by atoms with E-state index in [1.54, 1.807) is 19.2 Å². The molecule has 2 aromatic carbocycles. The molecule has 2 fully saturated rings. The summed E-state index contributed by atoms with van der Waals surface area (Å²) in [7, 11) is -3.34. The summed E-state index contributed by atoms with van der Waals surface area (Å²) >= 11 is 0. The highest BCUT2D eigenvalue weighted by Crippen LogP contribution is 2.30. The van der Waals surface area contributed by atoms with Crippen molar-refractivity contribution in [2.45, 2.75) is 25.0 Å². The van der Waals surface area contributed by atoms with Crippen molar-refractivity contribution >= 4 is 50.0 Å². The number of nitrogens with one attached hydrogen (secondary N) is 2. The number of sulfonamides is 1. The minimum absolute atomic E-state index is 0.123. The van der Waals surface area contributed by atoms with E-state index in [4.69, 9.17) is 4.98 Å². The molecule has 10 nitrogen and oxygen atoms in total. The second-order valence-electron chi connectivity index (χ2n) is 9.72. The Bertz CT molecular complexity index is 1590. The number of piperazine rings is 1. The minimum Gasteiger partial charge on any atom is -0.368 e. The van der Waals surface area contributed by atoms with Crippen LogP contribution < -0.4 is 14.9 Å². The van der Waals surface area contributed by atoms with Crippen LogP contribution in [0.1, 0.15) is 19.8 Å². The number of benzene rings is 2. The van der Waals surface area contributed by atoms with Crippen molar-refractivity contribution in [3.8, 4) is 5.69 Å². The van der Waals surface area contributed by atoms with Gasteiger partial charge >= 0.3 is 0 Å². The van der Waals surface area contributed by atoms with Crippen LogP contribution in [0.3, 0.4) is 0 Å². The molecule has 6 rings (SSSR count). The average molecular weight is 532 g/mol. The molecule has 2 aliphatic rings. The predicted octanol–water partition coefficient (Wildman–Crippen LogP) is 3.74. The Hall–Kier alpha value is -4.12. The number of carbonyl (C=O) groups excluding carboxylic acids is 1. The SMILES string of the molecule is CC(=O)N1CCN(c2ccc(Nc3ncc4ccn(-c5cccc(NS(=O)(=O)C6CC6)c5)c4n3)cc2)CC1. The first kappa shape index (κ1) is 24.2. The summed E-state index contributed by atoms with van der Waals surface area (Å²) in [5.74, 6) is 0.587. The highest BCUT2D eigenvalue weighted by Gasteiger charge is 2.35. The summed E-state index contributed by atoms with van der Waals surface area (Å²) in [5, 5.41) is 3.87. The van der Waals surface area contributed by atoms with Crippen molar-refractivity contribution < 1.29 is 13.2 Å². The number of aromatic nitrogens is 3. The predicted molar refractivity (Wildman–Crippen MR) is 149 cm³/mol. The number of hydrogen-bond acceptors (Lipinski definition) is 7. The monoisotopic (exact) mass is 531 g/mol. The molecule has 196 valence electrons. The van der Waals surface area contributed by atoms with E-state index in [-0.39, 0.29) is 11.2 Å². The van der Waals surface area contributed by atoms with E-state index >= 15 is 0 Å². The molecule has 1 aliphatic carbocycles. The topological polar surface area (TPSA) is 112 Å². The van der Waals surface area contributed by atoms with Crippen molar-refractivity contribution in [1.29, 1.82) is 0 Å². The minimum atomic E-state index is -3.34. The molecule has 0 atom stereocenters. The zero-order valence-electron chi connectivity index (χ0n) is 21.0. The van der Waals surface area contributed by atoms with Gasteiger partial charge in [0.25, 0.3) is 0 Å². The first-order valence-electron chi connectivity index (χ1n) is 12.7. The maximum atomic E-state index is 12.4.